The molecule has 4 aromatic rings. The number of nitrogens with zero attached hydrogens (tertiary/aromatic N) is 3. The largest absolute Gasteiger partial charge is 0.339 e. The number of para-hydroxylation sites is 2. The number of fused-ring (bicyclic) bond motifs is 1. The highest BCUT2D eigenvalue weighted by atomic mass is 35.5. The van der Waals surface area contributed by atoms with Gasteiger partial charge in [-0.1, -0.05) is 48.7 Å². The van der Waals surface area contributed by atoms with Crippen molar-refractivity contribution >= 4 is 45.7 Å². The molecule has 0 saturated carbocycles. The van der Waals surface area contributed by atoms with Gasteiger partial charge in [0.2, 0.25) is 0 Å². The van der Waals surface area contributed by atoms with E-state index < -0.39 is 0 Å². The number of aryl methyl sites for hydroxylation is 1. The number of hydrogen-bond donors (Lipinski definition) is 1. The van der Waals surface area contributed by atoms with Crippen molar-refractivity contribution in [1.29, 1.82) is 0 Å². The molecule has 0 atom stereocenters. The van der Waals surface area contributed by atoms with Crippen molar-refractivity contribution in [2.24, 2.45) is 0 Å². The third-order valence-corrected chi connectivity index (χ3v) is 5.14. The Morgan fingerprint density at radius 3 is 2.57 bits per heavy atom. The minimum atomic E-state index is 0.543. The van der Waals surface area contributed by atoms with Crippen LogP contribution in [0.3, 0.4) is 0 Å². The first kappa shape index (κ1) is 18.8. The van der Waals surface area contributed by atoms with Crippen LogP contribution in [0.25, 0.3) is 22.4 Å². The summed E-state index contributed by atoms with van der Waals surface area (Å²) in [6, 6.07) is 17.5. The average molecular weight is 411 g/mol. The van der Waals surface area contributed by atoms with Gasteiger partial charge in [-0.3, -0.25) is 0 Å². The molecule has 4 nitrogen and oxygen atoms in total. The summed E-state index contributed by atoms with van der Waals surface area (Å²) in [4.78, 5) is 9.36. The first-order valence-electron chi connectivity index (χ1n) is 9.29. The lowest BCUT2D eigenvalue weighted by Crippen LogP contribution is -2.01. The van der Waals surface area contributed by atoms with E-state index in [9.17, 15) is 0 Å². The Labute approximate surface area is 174 Å². The van der Waals surface area contributed by atoms with E-state index in [0.29, 0.717) is 15.9 Å². The Balaban J connectivity index is 1.70. The maximum absolute atomic E-state index is 6.53. The standard InChI is InChI=1S/C22H20Cl2N4/c1-2-3-12-28-20-7-5-4-6-19(20)27-22(28)15-13-18(24)21(25-14-15)26-17-10-8-16(23)9-11-17/h4-11,13-14H,2-3,12H2,1H3,(H,25,26). The normalized spacial score (nSPS) is 11.1. The minimum Gasteiger partial charge on any atom is -0.339 e. The summed E-state index contributed by atoms with van der Waals surface area (Å²) in [5, 5.41) is 4.45. The van der Waals surface area contributed by atoms with E-state index in [0.717, 1.165) is 47.5 Å². The van der Waals surface area contributed by atoms with E-state index in [1.165, 1.54) is 0 Å². The topological polar surface area (TPSA) is 42.7 Å². The SMILES string of the molecule is CCCCn1c(-c2cnc(Nc3ccc(Cl)cc3)c(Cl)c2)nc2ccccc21. The van der Waals surface area contributed by atoms with Gasteiger partial charge < -0.3 is 9.88 Å². The van der Waals surface area contributed by atoms with Crippen LogP contribution in [0.4, 0.5) is 11.5 Å². The molecule has 0 spiro atoms. The molecule has 28 heavy (non-hydrogen) atoms. The summed E-state index contributed by atoms with van der Waals surface area (Å²) < 4.78 is 2.25. The van der Waals surface area contributed by atoms with Crippen LogP contribution in [0.1, 0.15) is 19.8 Å². The molecule has 0 radical (unpaired) electrons. The predicted octanol–water partition coefficient (Wildman–Crippen LogP) is 6.95. The van der Waals surface area contributed by atoms with Gasteiger partial charge in [-0.2, -0.15) is 0 Å². The van der Waals surface area contributed by atoms with E-state index in [1.807, 2.05) is 54.7 Å². The van der Waals surface area contributed by atoms with Crippen molar-refractivity contribution in [2.75, 3.05) is 5.32 Å². The van der Waals surface area contributed by atoms with Gasteiger partial charge in [0.05, 0.1) is 16.1 Å². The molecule has 0 amide bonds. The third kappa shape index (κ3) is 3.84. The molecule has 2 heterocycles. The highest BCUT2D eigenvalue weighted by molar-refractivity contribution is 6.33. The Morgan fingerprint density at radius 1 is 1.04 bits per heavy atom. The fourth-order valence-electron chi connectivity index (χ4n) is 3.16. The molecule has 2 aromatic carbocycles. The van der Waals surface area contributed by atoms with Crippen LogP contribution in [0.5, 0.6) is 0 Å². The van der Waals surface area contributed by atoms with Crippen LogP contribution < -0.4 is 5.32 Å². The molecular weight excluding hydrogens is 391 g/mol. The summed E-state index contributed by atoms with van der Waals surface area (Å²) in [6.45, 7) is 3.10. The second-order valence-corrected chi connectivity index (χ2v) is 7.46. The lowest BCUT2D eigenvalue weighted by molar-refractivity contribution is 0.651. The summed E-state index contributed by atoms with van der Waals surface area (Å²) in [5.41, 5.74) is 3.89. The van der Waals surface area contributed by atoms with Crippen molar-refractivity contribution in [3.63, 3.8) is 0 Å². The summed E-state index contributed by atoms with van der Waals surface area (Å²) in [5.74, 6) is 1.49. The van der Waals surface area contributed by atoms with E-state index >= 15 is 0 Å². The van der Waals surface area contributed by atoms with Crippen molar-refractivity contribution in [1.82, 2.24) is 14.5 Å². The second kappa shape index (κ2) is 8.21. The van der Waals surface area contributed by atoms with Gasteiger partial charge in [0.15, 0.2) is 0 Å². The highest BCUT2D eigenvalue weighted by Gasteiger charge is 2.14. The average Bonchev–Trinajstić information content (AvgIpc) is 3.08. The van der Waals surface area contributed by atoms with Crippen LogP contribution >= 0.6 is 23.2 Å². The minimum absolute atomic E-state index is 0.543. The maximum atomic E-state index is 6.53. The smallest absolute Gasteiger partial charge is 0.149 e. The number of benzene rings is 2. The molecule has 0 aliphatic heterocycles. The summed E-state index contributed by atoms with van der Waals surface area (Å²) in [6.07, 6.45) is 4.02. The number of halogens is 2. The lowest BCUT2D eigenvalue weighted by atomic mass is 10.2. The number of anilines is 2. The Hall–Kier alpha value is -2.56. The van der Waals surface area contributed by atoms with E-state index in [4.69, 9.17) is 28.2 Å². The van der Waals surface area contributed by atoms with Crippen LogP contribution in [0, 0.1) is 0 Å². The van der Waals surface area contributed by atoms with Crippen LogP contribution in [-0.4, -0.2) is 14.5 Å². The predicted molar refractivity (Wildman–Crippen MR) is 118 cm³/mol. The van der Waals surface area contributed by atoms with Gasteiger partial charge in [0, 0.05) is 29.0 Å². The molecule has 0 unspecified atom stereocenters. The number of pyridine rings is 1. The number of aromatic nitrogens is 3. The summed E-state index contributed by atoms with van der Waals surface area (Å²) in [7, 11) is 0. The molecule has 0 aliphatic rings. The third-order valence-electron chi connectivity index (χ3n) is 4.60. The van der Waals surface area contributed by atoms with Crippen molar-refractivity contribution in [3.05, 3.63) is 70.8 Å². The molecule has 1 N–H and O–H groups in total. The molecule has 142 valence electrons. The molecular formula is C22H20Cl2N4. The Bertz CT molecular complexity index is 1100. The van der Waals surface area contributed by atoms with Gasteiger partial charge >= 0.3 is 0 Å². The molecule has 0 saturated heterocycles. The Morgan fingerprint density at radius 2 is 1.82 bits per heavy atom. The monoisotopic (exact) mass is 410 g/mol. The van der Waals surface area contributed by atoms with Crippen molar-refractivity contribution in [3.8, 4) is 11.4 Å². The van der Waals surface area contributed by atoms with Gasteiger partial charge in [0.1, 0.15) is 11.6 Å². The van der Waals surface area contributed by atoms with Gasteiger partial charge in [-0.15, -0.1) is 0 Å². The van der Waals surface area contributed by atoms with E-state index in [1.54, 1.807) is 0 Å². The highest BCUT2D eigenvalue weighted by Crippen LogP contribution is 2.30. The number of unbranched alkanes of at least 4 members (excludes halogenated alkanes) is 1. The summed E-state index contributed by atoms with van der Waals surface area (Å²) >= 11 is 12.5. The fraction of sp³-hybridized carbons (Fsp3) is 0.182. The lowest BCUT2D eigenvalue weighted by Gasteiger charge is -2.11. The van der Waals surface area contributed by atoms with Crippen LogP contribution in [-0.2, 0) is 6.54 Å². The van der Waals surface area contributed by atoms with Crippen LogP contribution in [0.2, 0.25) is 10.0 Å². The number of imidazole rings is 1. The maximum Gasteiger partial charge on any atom is 0.149 e. The first-order chi connectivity index (χ1) is 13.7. The molecule has 0 bridgehead atoms. The first-order valence-corrected chi connectivity index (χ1v) is 10.0. The fourth-order valence-corrected chi connectivity index (χ4v) is 3.50. The molecule has 6 heteroatoms. The Kier molecular flexibility index (Phi) is 5.51. The molecule has 4 rings (SSSR count). The zero-order chi connectivity index (χ0) is 19.5. The number of nitrogens with one attached hydrogen (secondary N) is 1. The molecule has 0 aliphatic carbocycles. The zero-order valence-corrected chi connectivity index (χ0v) is 17.0. The second-order valence-electron chi connectivity index (χ2n) is 6.62. The van der Waals surface area contributed by atoms with Crippen molar-refractivity contribution < 1.29 is 0 Å². The quantitative estimate of drug-likeness (QED) is 0.373. The van der Waals surface area contributed by atoms with Gasteiger partial charge in [-0.25, -0.2) is 9.97 Å². The van der Waals surface area contributed by atoms with Crippen LogP contribution in [0.15, 0.2) is 60.8 Å². The molecule has 2 aromatic heterocycles. The van der Waals surface area contributed by atoms with E-state index in [2.05, 4.69) is 27.9 Å². The number of hydrogen-bond acceptors (Lipinski definition) is 3. The molecule has 0 fully saturated rings. The van der Waals surface area contributed by atoms with Gasteiger partial charge in [0.25, 0.3) is 0 Å². The number of rotatable bonds is 6. The van der Waals surface area contributed by atoms with E-state index in [-0.39, 0.29) is 0 Å². The van der Waals surface area contributed by atoms with Gasteiger partial charge in [-0.05, 0) is 48.9 Å². The van der Waals surface area contributed by atoms with Crippen molar-refractivity contribution in [2.45, 2.75) is 26.3 Å². The zero-order valence-electron chi connectivity index (χ0n) is 15.5.